The van der Waals surface area contributed by atoms with E-state index in [-0.39, 0.29) is 12.5 Å². The molecule has 0 saturated heterocycles. The second-order valence-electron chi connectivity index (χ2n) is 7.08. The Hall–Kier alpha value is -3.48. The molecule has 0 bridgehead atoms. The summed E-state index contributed by atoms with van der Waals surface area (Å²) in [5.74, 6) is 0.609. The van der Waals surface area contributed by atoms with Crippen molar-refractivity contribution < 1.29 is 23.8 Å². The van der Waals surface area contributed by atoms with Gasteiger partial charge in [-0.1, -0.05) is 0 Å². The highest BCUT2D eigenvalue weighted by molar-refractivity contribution is 6.16. The van der Waals surface area contributed by atoms with Gasteiger partial charge in [-0.25, -0.2) is 4.79 Å². The van der Waals surface area contributed by atoms with Gasteiger partial charge in [0.15, 0.2) is 5.54 Å². The predicted octanol–water partition coefficient (Wildman–Crippen LogP) is 4.15. The number of anilines is 2. The summed E-state index contributed by atoms with van der Waals surface area (Å²) in [5.41, 5.74) is 0.300. The number of hydrogen-bond acceptors (Lipinski definition) is 6. The number of ether oxygens (including phenoxy) is 3. The third kappa shape index (κ3) is 4.66. The second kappa shape index (κ2) is 9.55. The van der Waals surface area contributed by atoms with E-state index in [0.717, 1.165) is 5.75 Å². The number of hydrogen-bond donors (Lipinski definition) is 1. The molecular weight excluding hydrogens is 396 g/mol. The zero-order valence-corrected chi connectivity index (χ0v) is 18.3. The van der Waals surface area contributed by atoms with Gasteiger partial charge in [-0.05, 0) is 82.3 Å². The van der Waals surface area contributed by atoms with Crippen LogP contribution in [0.25, 0.3) is 0 Å². The van der Waals surface area contributed by atoms with Crippen molar-refractivity contribution in [3.05, 3.63) is 60.3 Å². The molecule has 2 aromatic carbocycles. The van der Waals surface area contributed by atoms with E-state index in [2.05, 4.69) is 5.32 Å². The zero-order valence-electron chi connectivity index (χ0n) is 18.3. The third-order valence-electron chi connectivity index (χ3n) is 4.86. The smallest absolute Gasteiger partial charge is 0.336 e. The fourth-order valence-corrected chi connectivity index (χ4v) is 3.46. The minimum atomic E-state index is -1.28. The summed E-state index contributed by atoms with van der Waals surface area (Å²) in [7, 11) is 0. The summed E-state index contributed by atoms with van der Waals surface area (Å²) in [6, 6.07) is 14.3. The van der Waals surface area contributed by atoms with Crippen molar-refractivity contribution in [2.45, 2.75) is 33.2 Å². The van der Waals surface area contributed by atoms with Crippen molar-refractivity contribution in [3.63, 3.8) is 0 Å². The maximum absolute atomic E-state index is 13.3. The molecule has 0 spiro atoms. The average Bonchev–Trinajstić information content (AvgIpc) is 3.01. The summed E-state index contributed by atoms with van der Waals surface area (Å²) in [5, 5.41) is 3.13. The van der Waals surface area contributed by atoms with Crippen molar-refractivity contribution in [3.8, 4) is 11.5 Å². The van der Waals surface area contributed by atoms with Crippen molar-refractivity contribution in [1.82, 2.24) is 0 Å². The van der Waals surface area contributed by atoms with E-state index < -0.39 is 11.5 Å². The SMILES string of the molecule is CCOC(=O)[C@]1(C)C=C(Nc2ccc(OCC)cc2)C(=O)N1c1ccc(OCC)cc1. The van der Waals surface area contributed by atoms with Gasteiger partial charge in [-0.3, -0.25) is 9.69 Å². The maximum atomic E-state index is 13.3. The van der Waals surface area contributed by atoms with Crippen LogP contribution in [0.2, 0.25) is 0 Å². The first-order valence-electron chi connectivity index (χ1n) is 10.4. The zero-order chi connectivity index (χ0) is 22.4. The van der Waals surface area contributed by atoms with Gasteiger partial charge in [0.05, 0.1) is 19.8 Å². The van der Waals surface area contributed by atoms with E-state index in [1.807, 2.05) is 38.1 Å². The molecule has 1 N–H and O–H groups in total. The predicted molar refractivity (Wildman–Crippen MR) is 119 cm³/mol. The summed E-state index contributed by atoms with van der Waals surface area (Å²) in [4.78, 5) is 27.6. The largest absolute Gasteiger partial charge is 0.494 e. The number of esters is 1. The molecule has 1 aliphatic heterocycles. The Bertz CT molecular complexity index is 953. The summed E-state index contributed by atoms with van der Waals surface area (Å²) in [6.07, 6.45) is 1.61. The number of carbonyl (C=O) groups excluding carboxylic acids is 2. The van der Waals surface area contributed by atoms with Gasteiger partial charge in [-0.2, -0.15) is 0 Å². The van der Waals surface area contributed by atoms with Crippen LogP contribution in [0.3, 0.4) is 0 Å². The highest BCUT2D eigenvalue weighted by Crippen LogP contribution is 2.36. The maximum Gasteiger partial charge on any atom is 0.336 e. The van der Waals surface area contributed by atoms with E-state index in [4.69, 9.17) is 14.2 Å². The van der Waals surface area contributed by atoms with E-state index in [0.29, 0.717) is 36.0 Å². The summed E-state index contributed by atoms with van der Waals surface area (Å²) in [6.45, 7) is 8.56. The molecular formula is C24H28N2O5. The van der Waals surface area contributed by atoms with Gasteiger partial charge in [-0.15, -0.1) is 0 Å². The molecule has 1 heterocycles. The molecule has 31 heavy (non-hydrogen) atoms. The van der Waals surface area contributed by atoms with E-state index in [9.17, 15) is 9.59 Å². The number of rotatable bonds is 9. The van der Waals surface area contributed by atoms with Crippen LogP contribution in [0.15, 0.2) is 60.3 Å². The first-order valence-corrected chi connectivity index (χ1v) is 10.4. The molecule has 1 amide bonds. The highest BCUT2D eigenvalue weighted by atomic mass is 16.5. The number of nitrogens with one attached hydrogen (secondary N) is 1. The second-order valence-corrected chi connectivity index (χ2v) is 7.08. The molecule has 0 aliphatic carbocycles. The lowest BCUT2D eigenvalue weighted by atomic mass is 10.0. The number of carbonyl (C=O) groups is 2. The van der Waals surface area contributed by atoms with Gasteiger partial charge in [0.1, 0.15) is 17.2 Å². The van der Waals surface area contributed by atoms with E-state index >= 15 is 0 Å². The molecule has 0 radical (unpaired) electrons. The normalized spacial score (nSPS) is 17.9. The number of nitrogens with zero attached hydrogens (tertiary/aromatic N) is 1. The van der Waals surface area contributed by atoms with Crippen molar-refractivity contribution in [2.24, 2.45) is 0 Å². The third-order valence-corrected chi connectivity index (χ3v) is 4.86. The Morgan fingerprint density at radius 3 is 1.97 bits per heavy atom. The minimum absolute atomic E-state index is 0.217. The Kier molecular flexibility index (Phi) is 6.84. The first-order chi connectivity index (χ1) is 14.9. The molecule has 7 nitrogen and oxygen atoms in total. The van der Waals surface area contributed by atoms with E-state index in [1.54, 1.807) is 44.2 Å². The molecule has 1 aliphatic rings. The molecule has 164 valence electrons. The quantitative estimate of drug-likeness (QED) is 0.610. The lowest BCUT2D eigenvalue weighted by Gasteiger charge is -2.32. The summed E-state index contributed by atoms with van der Waals surface area (Å²) >= 11 is 0. The lowest BCUT2D eigenvalue weighted by Crippen LogP contribution is -2.51. The van der Waals surface area contributed by atoms with Crippen molar-refractivity contribution in [1.29, 1.82) is 0 Å². The highest BCUT2D eigenvalue weighted by Gasteiger charge is 2.49. The van der Waals surface area contributed by atoms with Crippen LogP contribution in [0.4, 0.5) is 11.4 Å². The minimum Gasteiger partial charge on any atom is -0.494 e. The van der Waals surface area contributed by atoms with Crippen LogP contribution in [-0.2, 0) is 14.3 Å². The Morgan fingerprint density at radius 1 is 0.903 bits per heavy atom. The average molecular weight is 424 g/mol. The van der Waals surface area contributed by atoms with E-state index in [1.165, 1.54) is 4.90 Å². The van der Waals surface area contributed by atoms with Crippen molar-refractivity contribution in [2.75, 3.05) is 30.0 Å². The van der Waals surface area contributed by atoms with Crippen LogP contribution >= 0.6 is 0 Å². The van der Waals surface area contributed by atoms with Gasteiger partial charge in [0, 0.05) is 11.4 Å². The molecule has 2 aromatic rings. The van der Waals surface area contributed by atoms with Gasteiger partial charge in [0.2, 0.25) is 0 Å². The fourth-order valence-electron chi connectivity index (χ4n) is 3.46. The Labute approximate surface area is 182 Å². The van der Waals surface area contributed by atoms with Crippen LogP contribution in [0, 0.1) is 0 Å². The molecule has 0 unspecified atom stereocenters. The Balaban J connectivity index is 1.92. The molecule has 0 fully saturated rings. The number of amides is 1. The van der Waals surface area contributed by atoms with Crippen LogP contribution < -0.4 is 19.7 Å². The monoisotopic (exact) mass is 424 g/mol. The topological polar surface area (TPSA) is 77.1 Å². The van der Waals surface area contributed by atoms with Crippen LogP contribution in [0.5, 0.6) is 11.5 Å². The van der Waals surface area contributed by atoms with Gasteiger partial charge < -0.3 is 19.5 Å². The first kappa shape index (κ1) is 22.2. The van der Waals surface area contributed by atoms with Crippen molar-refractivity contribution >= 4 is 23.3 Å². The van der Waals surface area contributed by atoms with Gasteiger partial charge >= 0.3 is 5.97 Å². The summed E-state index contributed by atoms with van der Waals surface area (Å²) < 4.78 is 16.2. The lowest BCUT2D eigenvalue weighted by molar-refractivity contribution is -0.147. The number of benzene rings is 2. The van der Waals surface area contributed by atoms with Crippen LogP contribution in [0.1, 0.15) is 27.7 Å². The van der Waals surface area contributed by atoms with Crippen LogP contribution in [-0.4, -0.2) is 37.2 Å². The Morgan fingerprint density at radius 2 is 1.45 bits per heavy atom. The molecule has 0 aromatic heterocycles. The fraction of sp³-hybridized carbons (Fsp3) is 0.333. The molecule has 7 heteroatoms. The molecule has 1 atom stereocenters. The molecule has 3 rings (SSSR count). The standard InChI is InChI=1S/C24H28N2O5/c1-5-29-19-12-8-17(9-13-19)25-21-16-24(4,23(28)31-7-3)26(22(21)27)18-10-14-20(15-11-18)30-6-2/h8-16,25H,5-7H2,1-4H3/t24-/m0/s1. The molecule has 0 saturated carbocycles. The van der Waals surface area contributed by atoms with Gasteiger partial charge in [0.25, 0.3) is 5.91 Å².